The molecule has 1 aliphatic rings. The van der Waals surface area contributed by atoms with Crippen molar-refractivity contribution in [1.82, 2.24) is 0 Å². The van der Waals surface area contributed by atoms with Gasteiger partial charge in [0.2, 0.25) is 5.91 Å². The number of nitrogens with zero attached hydrogens (tertiary/aromatic N) is 1. The molecule has 5 heteroatoms. The summed E-state index contributed by atoms with van der Waals surface area (Å²) in [6.07, 6.45) is 0.0131. The van der Waals surface area contributed by atoms with Gasteiger partial charge in [-0.2, -0.15) is 0 Å². The molecule has 0 bridgehead atoms. The SMILES string of the molecule is CNc1cc(Br)ccc1N1CC(=O)CC1=O. The van der Waals surface area contributed by atoms with Gasteiger partial charge >= 0.3 is 0 Å². The van der Waals surface area contributed by atoms with Crippen LogP contribution in [0, 0.1) is 0 Å². The van der Waals surface area contributed by atoms with Gasteiger partial charge in [-0.15, -0.1) is 0 Å². The second-order valence-corrected chi connectivity index (χ2v) is 4.52. The summed E-state index contributed by atoms with van der Waals surface area (Å²) >= 11 is 3.36. The Morgan fingerprint density at radius 3 is 2.69 bits per heavy atom. The molecule has 0 aromatic heterocycles. The van der Waals surface area contributed by atoms with E-state index in [1.165, 1.54) is 4.90 Å². The van der Waals surface area contributed by atoms with E-state index in [9.17, 15) is 9.59 Å². The van der Waals surface area contributed by atoms with Crippen molar-refractivity contribution < 1.29 is 9.59 Å². The Labute approximate surface area is 102 Å². The Morgan fingerprint density at radius 2 is 2.12 bits per heavy atom. The molecule has 1 saturated heterocycles. The molecule has 1 N–H and O–H groups in total. The molecule has 0 unspecified atom stereocenters. The van der Waals surface area contributed by atoms with Crippen LogP contribution in [0.2, 0.25) is 0 Å². The first-order valence-electron chi connectivity index (χ1n) is 4.91. The van der Waals surface area contributed by atoms with Crippen molar-refractivity contribution in [2.45, 2.75) is 6.42 Å². The molecule has 1 aliphatic heterocycles. The van der Waals surface area contributed by atoms with E-state index in [1.807, 2.05) is 18.2 Å². The first-order chi connectivity index (χ1) is 7.61. The second kappa shape index (κ2) is 4.25. The Hall–Kier alpha value is -1.36. The lowest BCUT2D eigenvalue weighted by atomic mass is 10.2. The number of halogens is 1. The minimum Gasteiger partial charge on any atom is -0.386 e. The zero-order valence-corrected chi connectivity index (χ0v) is 10.4. The van der Waals surface area contributed by atoms with Gasteiger partial charge in [-0.05, 0) is 18.2 Å². The summed E-state index contributed by atoms with van der Waals surface area (Å²) in [4.78, 5) is 24.3. The predicted molar refractivity (Wildman–Crippen MR) is 65.7 cm³/mol. The highest BCUT2D eigenvalue weighted by Crippen LogP contribution is 2.31. The van der Waals surface area contributed by atoms with Gasteiger partial charge in [-0.3, -0.25) is 9.59 Å². The van der Waals surface area contributed by atoms with Gasteiger partial charge in [-0.1, -0.05) is 15.9 Å². The largest absolute Gasteiger partial charge is 0.386 e. The molecule has 0 atom stereocenters. The number of amides is 1. The molecule has 16 heavy (non-hydrogen) atoms. The highest BCUT2D eigenvalue weighted by atomic mass is 79.9. The number of hydrogen-bond donors (Lipinski definition) is 1. The summed E-state index contributed by atoms with van der Waals surface area (Å²) in [6.45, 7) is 0.176. The molecule has 1 amide bonds. The number of carbonyl (C=O) groups is 2. The Morgan fingerprint density at radius 1 is 1.38 bits per heavy atom. The van der Waals surface area contributed by atoms with Crippen molar-refractivity contribution in [1.29, 1.82) is 0 Å². The topological polar surface area (TPSA) is 49.4 Å². The highest BCUT2D eigenvalue weighted by Gasteiger charge is 2.29. The standard InChI is InChI=1S/C11H11BrN2O2/c1-13-9-4-7(12)2-3-10(9)14-6-8(15)5-11(14)16/h2-4,13H,5-6H2,1H3. The normalized spacial score (nSPS) is 15.8. The zero-order valence-electron chi connectivity index (χ0n) is 8.79. The molecule has 0 saturated carbocycles. The van der Waals surface area contributed by atoms with Crippen molar-refractivity contribution >= 4 is 39.0 Å². The molecule has 1 fully saturated rings. The quantitative estimate of drug-likeness (QED) is 0.842. The number of hydrogen-bond acceptors (Lipinski definition) is 3. The van der Waals surface area contributed by atoms with Crippen molar-refractivity contribution in [2.75, 3.05) is 23.8 Å². The number of rotatable bonds is 2. The number of anilines is 2. The molecule has 2 rings (SSSR count). The third kappa shape index (κ3) is 1.95. The van der Waals surface area contributed by atoms with Crippen LogP contribution < -0.4 is 10.2 Å². The summed E-state index contributed by atoms with van der Waals surface area (Å²) in [7, 11) is 1.79. The molecule has 4 nitrogen and oxygen atoms in total. The van der Waals surface area contributed by atoms with Gasteiger partial charge in [0.05, 0.1) is 24.3 Å². The lowest BCUT2D eigenvalue weighted by molar-refractivity contribution is -0.121. The smallest absolute Gasteiger partial charge is 0.234 e. The van der Waals surface area contributed by atoms with Crippen LogP contribution in [0.4, 0.5) is 11.4 Å². The number of carbonyl (C=O) groups excluding carboxylic acids is 2. The van der Waals surface area contributed by atoms with Gasteiger partial charge in [-0.25, -0.2) is 0 Å². The van der Waals surface area contributed by atoms with Gasteiger partial charge in [0.1, 0.15) is 0 Å². The van der Waals surface area contributed by atoms with Crippen LogP contribution in [-0.4, -0.2) is 25.3 Å². The Bertz CT molecular complexity index is 459. The third-order valence-corrected chi connectivity index (χ3v) is 3.00. The fourth-order valence-corrected chi connectivity index (χ4v) is 2.11. The molecule has 1 aromatic rings. The maximum absolute atomic E-state index is 11.6. The van der Waals surface area contributed by atoms with Crippen LogP contribution in [-0.2, 0) is 9.59 Å². The summed E-state index contributed by atoms with van der Waals surface area (Å²) in [5.74, 6) is -0.168. The van der Waals surface area contributed by atoms with E-state index in [0.29, 0.717) is 0 Å². The van der Waals surface area contributed by atoms with Crippen LogP contribution in [0.3, 0.4) is 0 Å². The summed E-state index contributed by atoms with van der Waals surface area (Å²) in [5.41, 5.74) is 1.58. The first-order valence-corrected chi connectivity index (χ1v) is 5.70. The van der Waals surface area contributed by atoms with Gasteiger partial charge in [0, 0.05) is 11.5 Å². The summed E-state index contributed by atoms with van der Waals surface area (Å²) in [5, 5.41) is 3.01. The molecule has 0 radical (unpaired) electrons. The number of benzene rings is 1. The minimum atomic E-state index is -0.135. The van der Waals surface area contributed by atoms with E-state index < -0.39 is 0 Å². The van der Waals surface area contributed by atoms with Crippen molar-refractivity contribution in [3.63, 3.8) is 0 Å². The van der Waals surface area contributed by atoms with Gasteiger partial charge in [0.15, 0.2) is 5.78 Å². The first kappa shape index (κ1) is 11.1. The van der Waals surface area contributed by atoms with Crippen LogP contribution in [0.1, 0.15) is 6.42 Å². The van der Waals surface area contributed by atoms with Crippen molar-refractivity contribution in [3.8, 4) is 0 Å². The maximum atomic E-state index is 11.6. The van der Waals surface area contributed by atoms with Gasteiger partial charge in [0.25, 0.3) is 0 Å². The lowest BCUT2D eigenvalue weighted by Gasteiger charge is -2.18. The summed E-state index contributed by atoms with van der Waals surface area (Å²) in [6, 6.07) is 5.56. The zero-order chi connectivity index (χ0) is 11.7. The van der Waals surface area contributed by atoms with Crippen LogP contribution in [0.5, 0.6) is 0 Å². The Balaban J connectivity index is 2.40. The maximum Gasteiger partial charge on any atom is 0.234 e. The van der Waals surface area contributed by atoms with Crippen LogP contribution >= 0.6 is 15.9 Å². The second-order valence-electron chi connectivity index (χ2n) is 3.61. The lowest BCUT2D eigenvalue weighted by Crippen LogP contribution is -2.25. The monoisotopic (exact) mass is 282 g/mol. The summed E-state index contributed by atoms with van der Waals surface area (Å²) < 4.78 is 0.929. The molecule has 1 aromatic carbocycles. The third-order valence-electron chi connectivity index (χ3n) is 2.50. The van der Waals surface area contributed by atoms with Crippen LogP contribution in [0.25, 0.3) is 0 Å². The van der Waals surface area contributed by atoms with Crippen molar-refractivity contribution in [3.05, 3.63) is 22.7 Å². The minimum absolute atomic E-state index is 0.0131. The molecule has 1 heterocycles. The van der Waals surface area contributed by atoms with Crippen molar-refractivity contribution in [2.24, 2.45) is 0 Å². The van der Waals surface area contributed by atoms with E-state index >= 15 is 0 Å². The molecule has 0 aliphatic carbocycles. The number of nitrogens with one attached hydrogen (secondary N) is 1. The molecular weight excluding hydrogens is 272 g/mol. The van der Waals surface area contributed by atoms with E-state index in [1.54, 1.807) is 7.05 Å². The van der Waals surface area contributed by atoms with Crippen LogP contribution in [0.15, 0.2) is 22.7 Å². The number of ketones is 1. The fraction of sp³-hybridized carbons (Fsp3) is 0.273. The molecular formula is C11H11BrN2O2. The van der Waals surface area contributed by atoms with Gasteiger partial charge < -0.3 is 10.2 Å². The molecule has 0 spiro atoms. The Kier molecular flexibility index (Phi) is 2.96. The average Bonchev–Trinajstić information content (AvgIpc) is 2.57. The molecule has 84 valence electrons. The average molecular weight is 283 g/mol. The van der Waals surface area contributed by atoms with E-state index in [0.717, 1.165) is 15.8 Å². The highest BCUT2D eigenvalue weighted by molar-refractivity contribution is 9.10. The van der Waals surface area contributed by atoms with E-state index in [4.69, 9.17) is 0 Å². The number of Topliss-reactive ketones (excluding diaryl/α,β-unsaturated/α-hetero) is 1. The fourth-order valence-electron chi connectivity index (χ4n) is 1.75. The van der Waals surface area contributed by atoms with E-state index in [-0.39, 0.29) is 24.7 Å². The van der Waals surface area contributed by atoms with E-state index in [2.05, 4.69) is 21.2 Å². The predicted octanol–water partition coefficient (Wildman–Crippen LogP) is 1.80.